The van der Waals surface area contributed by atoms with Crippen LogP contribution in [0, 0.1) is 6.20 Å². The van der Waals surface area contributed by atoms with Crippen LogP contribution in [-0.2, 0) is 34.2 Å². The zero-order valence-corrected chi connectivity index (χ0v) is 19.6. The molecular weight excluding hydrogens is 579 g/mol. The van der Waals surface area contributed by atoms with Crippen molar-refractivity contribution in [1.82, 2.24) is 19.3 Å². The predicted octanol–water partition coefficient (Wildman–Crippen LogP) is 5.03. The minimum atomic E-state index is 0. The van der Waals surface area contributed by atoms with Crippen LogP contribution in [0.15, 0.2) is 110 Å². The smallest absolute Gasteiger partial charge is 0.115 e. The van der Waals surface area contributed by atoms with E-state index in [9.17, 15) is 0 Å². The van der Waals surface area contributed by atoms with Gasteiger partial charge in [0.05, 0.1) is 17.9 Å². The van der Waals surface area contributed by atoms with E-state index >= 15 is 0 Å². The van der Waals surface area contributed by atoms with Crippen molar-refractivity contribution in [3.63, 3.8) is 0 Å². The number of hydrogen-bond donors (Lipinski definition) is 1. The standard InChI is InChI=1S/C20H17N4.C6H6O.Pt/c1-2-7-17(8-3-1)18-13-19(15-23-10-4-5-11-23)22-20(14-18)16-24-12-6-9-21-24;7-6-4-2-1-3-5-6;/h1-10,12-14H,15-16H2;1-5,7H;/q-1;;. The molecule has 0 fully saturated rings. The normalized spacial score (nSPS) is 10.0. The largest absolute Gasteiger partial charge is 0.508 e. The van der Waals surface area contributed by atoms with Crippen LogP contribution in [0.3, 0.4) is 0 Å². The zero-order valence-electron chi connectivity index (χ0n) is 17.4. The first-order valence-electron chi connectivity index (χ1n) is 10.1. The number of rotatable bonds is 5. The minimum Gasteiger partial charge on any atom is -0.508 e. The maximum atomic E-state index is 8.63. The third-order valence-electron chi connectivity index (χ3n) is 4.61. The van der Waals surface area contributed by atoms with Gasteiger partial charge in [-0.2, -0.15) is 17.2 Å². The molecule has 3 heterocycles. The summed E-state index contributed by atoms with van der Waals surface area (Å²) < 4.78 is 3.90. The van der Waals surface area contributed by atoms with Crippen LogP contribution >= 0.6 is 0 Å². The number of benzene rings is 2. The Labute approximate surface area is 202 Å². The van der Waals surface area contributed by atoms with Crippen LogP contribution in [0.4, 0.5) is 0 Å². The molecule has 0 saturated carbocycles. The summed E-state index contributed by atoms with van der Waals surface area (Å²) in [4.78, 5) is 4.81. The fourth-order valence-corrected chi connectivity index (χ4v) is 3.20. The van der Waals surface area contributed by atoms with Gasteiger partial charge in [-0.15, -0.1) is 12.4 Å². The monoisotopic (exact) mass is 602 g/mol. The van der Waals surface area contributed by atoms with Crippen LogP contribution in [0.5, 0.6) is 5.75 Å². The molecule has 0 aliphatic carbocycles. The molecule has 5 rings (SSSR count). The average molecular weight is 603 g/mol. The van der Waals surface area contributed by atoms with Gasteiger partial charge in [0, 0.05) is 40.0 Å². The Hall–Kier alpha value is -3.43. The number of phenolic OH excluding ortho intramolecular Hbond substituents is 1. The van der Waals surface area contributed by atoms with Crippen molar-refractivity contribution in [1.29, 1.82) is 0 Å². The Morgan fingerprint density at radius 2 is 1.44 bits per heavy atom. The van der Waals surface area contributed by atoms with Gasteiger partial charge in [0.2, 0.25) is 0 Å². The van der Waals surface area contributed by atoms with Gasteiger partial charge in [-0.1, -0.05) is 48.5 Å². The summed E-state index contributed by atoms with van der Waals surface area (Å²) in [5, 5.41) is 12.9. The molecule has 0 spiro atoms. The molecule has 164 valence electrons. The number of hydrogen-bond acceptors (Lipinski definition) is 3. The first-order chi connectivity index (χ1) is 15.3. The molecule has 3 aromatic heterocycles. The molecular formula is C26H23N4OPt-. The van der Waals surface area contributed by atoms with Gasteiger partial charge < -0.3 is 9.67 Å². The molecule has 5 nitrogen and oxygen atoms in total. The van der Waals surface area contributed by atoms with Gasteiger partial charge in [0.25, 0.3) is 0 Å². The van der Waals surface area contributed by atoms with Crippen molar-refractivity contribution in [2.24, 2.45) is 0 Å². The molecule has 2 aromatic carbocycles. The number of nitrogens with zero attached hydrogens (tertiary/aromatic N) is 4. The number of phenols is 1. The van der Waals surface area contributed by atoms with E-state index in [1.54, 1.807) is 30.5 Å². The first-order valence-corrected chi connectivity index (χ1v) is 10.1. The van der Waals surface area contributed by atoms with Crippen molar-refractivity contribution in [2.75, 3.05) is 0 Å². The van der Waals surface area contributed by atoms with E-state index in [0.717, 1.165) is 11.4 Å². The van der Waals surface area contributed by atoms with Gasteiger partial charge in [-0.3, -0.25) is 9.67 Å². The van der Waals surface area contributed by atoms with E-state index < -0.39 is 0 Å². The summed E-state index contributed by atoms with van der Waals surface area (Å²) in [6.07, 6.45) is 8.92. The van der Waals surface area contributed by atoms with Crippen molar-refractivity contribution >= 4 is 0 Å². The molecule has 0 aliphatic heterocycles. The summed E-state index contributed by atoms with van der Waals surface area (Å²) in [5.41, 5.74) is 4.39. The number of aromatic nitrogens is 4. The van der Waals surface area contributed by atoms with Crippen molar-refractivity contribution < 1.29 is 26.2 Å². The Kier molecular flexibility index (Phi) is 8.59. The Morgan fingerprint density at radius 1 is 0.750 bits per heavy atom. The first kappa shape index (κ1) is 23.2. The topological polar surface area (TPSA) is 55.9 Å². The van der Waals surface area contributed by atoms with Crippen LogP contribution in [0.2, 0.25) is 0 Å². The Morgan fingerprint density at radius 3 is 2.00 bits per heavy atom. The molecule has 0 bridgehead atoms. The molecule has 0 atom stereocenters. The SMILES string of the molecule is Oc1ccccc1.[Pt].[c-]1cccn1Cc1cc(-c2ccccc2)cc(Cn2cccn2)n1. The second kappa shape index (κ2) is 11.8. The second-order valence-electron chi connectivity index (χ2n) is 7.01. The molecule has 0 unspecified atom stereocenters. The second-order valence-corrected chi connectivity index (χ2v) is 7.01. The molecule has 0 aliphatic rings. The molecule has 0 amide bonds. The third-order valence-corrected chi connectivity index (χ3v) is 4.61. The quantitative estimate of drug-likeness (QED) is 0.287. The van der Waals surface area contributed by atoms with Crippen molar-refractivity contribution in [2.45, 2.75) is 13.1 Å². The summed E-state index contributed by atoms with van der Waals surface area (Å²) in [6, 6.07) is 29.2. The van der Waals surface area contributed by atoms with Gasteiger partial charge in [0.15, 0.2) is 0 Å². The zero-order chi connectivity index (χ0) is 21.3. The fourth-order valence-electron chi connectivity index (χ4n) is 3.20. The van der Waals surface area contributed by atoms with Crippen LogP contribution < -0.4 is 0 Å². The number of para-hydroxylation sites is 1. The van der Waals surface area contributed by atoms with Gasteiger partial charge in [0.1, 0.15) is 5.75 Å². The minimum absolute atomic E-state index is 0. The maximum Gasteiger partial charge on any atom is 0.115 e. The fraction of sp³-hybridized carbons (Fsp3) is 0.0769. The molecule has 32 heavy (non-hydrogen) atoms. The molecule has 5 aromatic rings. The maximum absolute atomic E-state index is 8.63. The summed E-state index contributed by atoms with van der Waals surface area (Å²) in [5.74, 6) is 0.322. The summed E-state index contributed by atoms with van der Waals surface area (Å²) in [6.45, 7) is 1.37. The van der Waals surface area contributed by atoms with E-state index in [1.807, 2.05) is 52.0 Å². The van der Waals surface area contributed by atoms with E-state index in [2.05, 4.69) is 47.7 Å². The van der Waals surface area contributed by atoms with Crippen LogP contribution in [-0.4, -0.2) is 24.4 Å². The molecule has 0 radical (unpaired) electrons. The van der Waals surface area contributed by atoms with Crippen molar-refractivity contribution in [3.05, 3.63) is 127 Å². The van der Waals surface area contributed by atoms with Gasteiger partial charge in [-0.05, 0) is 41.5 Å². The molecule has 1 N–H and O–H groups in total. The summed E-state index contributed by atoms with van der Waals surface area (Å²) in [7, 11) is 0. The number of aromatic hydroxyl groups is 1. The van der Waals surface area contributed by atoms with E-state index in [4.69, 9.17) is 10.1 Å². The number of pyridine rings is 1. The Bertz CT molecular complexity index is 1120. The van der Waals surface area contributed by atoms with Crippen molar-refractivity contribution in [3.8, 4) is 16.9 Å². The van der Waals surface area contributed by atoms with Gasteiger partial charge >= 0.3 is 0 Å². The van der Waals surface area contributed by atoms with Crippen LogP contribution in [0.25, 0.3) is 11.1 Å². The van der Waals surface area contributed by atoms with E-state index in [-0.39, 0.29) is 21.1 Å². The van der Waals surface area contributed by atoms with E-state index in [1.165, 1.54) is 11.1 Å². The summed E-state index contributed by atoms with van der Waals surface area (Å²) >= 11 is 0. The molecule has 0 saturated heterocycles. The predicted molar refractivity (Wildman–Crippen MR) is 121 cm³/mol. The van der Waals surface area contributed by atoms with Crippen LogP contribution in [0.1, 0.15) is 11.4 Å². The average Bonchev–Trinajstić information content (AvgIpc) is 3.50. The molecule has 6 heteroatoms. The van der Waals surface area contributed by atoms with Gasteiger partial charge in [-0.25, -0.2) is 0 Å². The third kappa shape index (κ3) is 6.79. The Balaban J connectivity index is 0.000000311. The van der Waals surface area contributed by atoms with E-state index in [0.29, 0.717) is 18.8 Å².